The van der Waals surface area contributed by atoms with E-state index in [0.717, 1.165) is 17.7 Å². The first-order valence-electron chi connectivity index (χ1n) is 5.33. The molecule has 0 atom stereocenters. The van der Waals surface area contributed by atoms with Crippen LogP contribution in [0, 0.1) is 0 Å². The van der Waals surface area contributed by atoms with Crippen molar-refractivity contribution < 1.29 is 9.53 Å². The molecule has 3 heteroatoms. The van der Waals surface area contributed by atoms with Gasteiger partial charge in [-0.2, -0.15) is 0 Å². The molecule has 0 amide bonds. The summed E-state index contributed by atoms with van der Waals surface area (Å²) in [4.78, 5) is 13.4. The van der Waals surface area contributed by atoms with Crippen molar-refractivity contribution in [2.75, 3.05) is 6.54 Å². The third-order valence-corrected chi connectivity index (χ3v) is 1.92. The van der Waals surface area contributed by atoms with Crippen LogP contribution >= 0.6 is 0 Å². The average Bonchev–Trinajstić information content (AvgIpc) is 2.19. The summed E-state index contributed by atoms with van der Waals surface area (Å²) in [7, 11) is 0. The monoisotopic (exact) mass is 219 g/mol. The van der Waals surface area contributed by atoms with E-state index in [1.807, 2.05) is 45.0 Å². The summed E-state index contributed by atoms with van der Waals surface area (Å²) >= 11 is 0. The lowest BCUT2D eigenvalue weighted by atomic mass is 10.1. The van der Waals surface area contributed by atoms with Gasteiger partial charge in [0.05, 0.1) is 6.54 Å². The second kappa shape index (κ2) is 5.47. The molecule has 0 fully saturated rings. The van der Waals surface area contributed by atoms with Crippen LogP contribution in [0.4, 0.5) is 0 Å². The minimum atomic E-state index is -0.177. The molecule has 1 aromatic carbocycles. The first-order valence-corrected chi connectivity index (χ1v) is 5.33. The van der Waals surface area contributed by atoms with Gasteiger partial charge >= 0.3 is 0 Å². The highest BCUT2D eigenvalue weighted by atomic mass is 16.5. The maximum atomic E-state index is 9.89. The van der Waals surface area contributed by atoms with Gasteiger partial charge in [0, 0.05) is 0 Å². The van der Waals surface area contributed by atoms with Gasteiger partial charge in [0.15, 0.2) is 0 Å². The first-order chi connectivity index (χ1) is 7.51. The molecule has 0 N–H and O–H groups in total. The molecule has 16 heavy (non-hydrogen) atoms. The Kier molecular flexibility index (Phi) is 4.27. The quantitative estimate of drug-likeness (QED) is 0.577. The number of hydrogen-bond donors (Lipinski definition) is 0. The van der Waals surface area contributed by atoms with Crippen molar-refractivity contribution in [3.63, 3.8) is 0 Å². The summed E-state index contributed by atoms with van der Waals surface area (Å²) in [5, 5.41) is 0. The SMILES string of the molecule is CC(C)(C)Oc1ccc(CCN=C=O)cc1. The Bertz CT molecular complexity index is 370. The van der Waals surface area contributed by atoms with E-state index in [0.29, 0.717) is 6.54 Å². The van der Waals surface area contributed by atoms with Crippen LogP contribution in [0.15, 0.2) is 29.3 Å². The molecule has 0 heterocycles. The van der Waals surface area contributed by atoms with E-state index >= 15 is 0 Å². The van der Waals surface area contributed by atoms with Gasteiger partial charge in [-0.05, 0) is 44.9 Å². The van der Waals surface area contributed by atoms with Crippen LogP contribution in [-0.2, 0) is 11.2 Å². The van der Waals surface area contributed by atoms with Gasteiger partial charge in [0.1, 0.15) is 11.4 Å². The van der Waals surface area contributed by atoms with E-state index in [4.69, 9.17) is 4.74 Å². The van der Waals surface area contributed by atoms with Crippen molar-refractivity contribution in [1.29, 1.82) is 0 Å². The Balaban J connectivity index is 2.57. The van der Waals surface area contributed by atoms with Crippen LogP contribution in [0.1, 0.15) is 26.3 Å². The molecule has 0 radical (unpaired) electrons. The maximum absolute atomic E-state index is 9.89. The largest absolute Gasteiger partial charge is 0.488 e. The van der Waals surface area contributed by atoms with Gasteiger partial charge < -0.3 is 4.74 Å². The highest BCUT2D eigenvalue weighted by Gasteiger charge is 2.11. The first kappa shape index (κ1) is 12.5. The van der Waals surface area contributed by atoms with Crippen LogP contribution < -0.4 is 4.74 Å². The number of aliphatic imine (C=N–C) groups is 1. The van der Waals surface area contributed by atoms with Crippen LogP contribution in [-0.4, -0.2) is 18.2 Å². The molecule has 0 aliphatic heterocycles. The van der Waals surface area contributed by atoms with E-state index in [-0.39, 0.29) is 5.60 Å². The molecule has 0 bridgehead atoms. The van der Waals surface area contributed by atoms with Crippen molar-refractivity contribution in [1.82, 2.24) is 0 Å². The van der Waals surface area contributed by atoms with E-state index in [2.05, 4.69) is 4.99 Å². The summed E-state index contributed by atoms with van der Waals surface area (Å²) in [6.45, 7) is 6.53. The Morgan fingerprint density at radius 3 is 2.38 bits per heavy atom. The highest BCUT2D eigenvalue weighted by Crippen LogP contribution is 2.18. The van der Waals surface area contributed by atoms with Gasteiger partial charge in [-0.15, -0.1) is 0 Å². The minimum Gasteiger partial charge on any atom is -0.488 e. The number of isocyanates is 1. The number of nitrogens with zero attached hydrogens (tertiary/aromatic N) is 1. The smallest absolute Gasteiger partial charge is 0.234 e. The van der Waals surface area contributed by atoms with Gasteiger partial charge in [-0.3, -0.25) is 0 Å². The Morgan fingerprint density at radius 1 is 1.25 bits per heavy atom. The van der Waals surface area contributed by atoms with Crippen LogP contribution in [0.5, 0.6) is 5.75 Å². The molecule has 0 saturated heterocycles. The van der Waals surface area contributed by atoms with Crippen LogP contribution in [0.3, 0.4) is 0 Å². The lowest BCUT2D eigenvalue weighted by molar-refractivity contribution is 0.131. The molecule has 0 unspecified atom stereocenters. The fourth-order valence-corrected chi connectivity index (χ4v) is 1.31. The number of carbonyl (C=O) groups excluding carboxylic acids is 1. The normalized spacial score (nSPS) is 10.7. The second-order valence-electron chi connectivity index (χ2n) is 4.58. The van der Waals surface area contributed by atoms with Crippen molar-refractivity contribution in [3.05, 3.63) is 29.8 Å². The number of benzene rings is 1. The Morgan fingerprint density at radius 2 is 1.88 bits per heavy atom. The molecule has 86 valence electrons. The fourth-order valence-electron chi connectivity index (χ4n) is 1.31. The summed E-state index contributed by atoms with van der Waals surface area (Å²) < 4.78 is 5.70. The zero-order valence-corrected chi connectivity index (χ0v) is 9.99. The number of rotatable bonds is 4. The number of hydrogen-bond acceptors (Lipinski definition) is 3. The zero-order chi connectivity index (χ0) is 12.0. The minimum absolute atomic E-state index is 0.177. The third kappa shape index (κ3) is 4.76. The van der Waals surface area contributed by atoms with Crippen molar-refractivity contribution >= 4 is 6.08 Å². The van der Waals surface area contributed by atoms with Gasteiger partial charge in [-0.1, -0.05) is 12.1 Å². The molecule has 0 aliphatic carbocycles. The van der Waals surface area contributed by atoms with Crippen molar-refractivity contribution in [3.8, 4) is 5.75 Å². The van der Waals surface area contributed by atoms with Crippen molar-refractivity contribution in [2.45, 2.75) is 32.8 Å². The van der Waals surface area contributed by atoms with E-state index < -0.39 is 0 Å². The molecular weight excluding hydrogens is 202 g/mol. The van der Waals surface area contributed by atoms with Gasteiger partial charge in [0.2, 0.25) is 6.08 Å². The molecule has 0 spiro atoms. The molecule has 1 rings (SSSR count). The maximum Gasteiger partial charge on any atom is 0.234 e. The fraction of sp³-hybridized carbons (Fsp3) is 0.462. The summed E-state index contributed by atoms with van der Waals surface area (Å²) in [6, 6.07) is 7.85. The molecule has 0 aromatic heterocycles. The molecule has 1 aromatic rings. The van der Waals surface area contributed by atoms with Crippen LogP contribution in [0.25, 0.3) is 0 Å². The van der Waals surface area contributed by atoms with Crippen LogP contribution in [0.2, 0.25) is 0 Å². The van der Waals surface area contributed by atoms with Crippen molar-refractivity contribution in [2.24, 2.45) is 4.99 Å². The number of ether oxygens (including phenoxy) is 1. The molecule has 3 nitrogen and oxygen atoms in total. The summed E-state index contributed by atoms with van der Waals surface area (Å²) in [6.07, 6.45) is 2.29. The van der Waals surface area contributed by atoms with Gasteiger partial charge in [0.25, 0.3) is 0 Å². The van der Waals surface area contributed by atoms with E-state index in [1.165, 1.54) is 6.08 Å². The van der Waals surface area contributed by atoms with E-state index in [1.54, 1.807) is 0 Å². The Hall–Kier alpha value is -1.60. The summed E-state index contributed by atoms with van der Waals surface area (Å²) in [5.74, 6) is 0.857. The molecule has 0 saturated carbocycles. The standard InChI is InChI=1S/C13H17NO2/c1-13(2,3)16-12-6-4-11(5-7-12)8-9-14-10-15/h4-7H,8-9H2,1-3H3. The van der Waals surface area contributed by atoms with E-state index in [9.17, 15) is 4.79 Å². The average molecular weight is 219 g/mol. The topological polar surface area (TPSA) is 38.7 Å². The lowest BCUT2D eigenvalue weighted by Gasteiger charge is -2.21. The Labute approximate surface area is 96.2 Å². The summed E-state index contributed by atoms with van der Waals surface area (Å²) in [5.41, 5.74) is 0.962. The third-order valence-electron chi connectivity index (χ3n) is 1.92. The van der Waals surface area contributed by atoms with Gasteiger partial charge in [-0.25, -0.2) is 9.79 Å². The second-order valence-corrected chi connectivity index (χ2v) is 4.58. The predicted molar refractivity (Wildman–Crippen MR) is 63.5 cm³/mol. The molecule has 0 aliphatic rings. The predicted octanol–water partition coefficient (Wildman–Crippen LogP) is 2.74. The lowest BCUT2D eigenvalue weighted by Crippen LogP contribution is -2.22. The highest BCUT2D eigenvalue weighted by molar-refractivity contribution is 5.33. The molecular formula is C13H17NO2. The zero-order valence-electron chi connectivity index (χ0n) is 9.99.